The molecular formula is C14H21N7O2. The van der Waals surface area contributed by atoms with Crippen molar-refractivity contribution in [3.63, 3.8) is 0 Å². The number of hydrogen-bond acceptors (Lipinski definition) is 7. The molecule has 1 fully saturated rings. The van der Waals surface area contributed by atoms with Crippen molar-refractivity contribution < 1.29 is 9.32 Å². The molecule has 9 heteroatoms. The fourth-order valence-corrected chi connectivity index (χ4v) is 2.74. The second kappa shape index (κ2) is 7.30. The maximum absolute atomic E-state index is 12.2. The molecule has 2 aromatic rings. The molecule has 0 atom stereocenters. The Morgan fingerprint density at radius 2 is 2.22 bits per heavy atom. The molecule has 0 spiro atoms. The van der Waals surface area contributed by atoms with Crippen molar-refractivity contribution in [3.05, 3.63) is 18.0 Å². The maximum atomic E-state index is 12.2. The van der Waals surface area contributed by atoms with E-state index in [2.05, 4.69) is 32.6 Å². The minimum absolute atomic E-state index is 0.0323. The van der Waals surface area contributed by atoms with E-state index in [1.54, 1.807) is 0 Å². The SMILES string of the molecule is CCCCc1noc(C2CCN(C(=O)Cn3cnnn3)CC2)n1. The molecular weight excluding hydrogens is 298 g/mol. The molecule has 124 valence electrons. The smallest absolute Gasteiger partial charge is 0.244 e. The van der Waals surface area contributed by atoms with Crippen molar-refractivity contribution in [2.45, 2.75) is 51.5 Å². The van der Waals surface area contributed by atoms with E-state index in [0.717, 1.165) is 37.9 Å². The molecule has 23 heavy (non-hydrogen) atoms. The van der Waals surface area contributed by atoms with Gasteiger partial charge in [0.05, 0.1) is 0 Å². The molecule has 3 rings (SSSR count). The van der Waals surface area contributed by atoms with Gasteiger partial charge < -0.3 is 9.42 Å². The lowest BCUT2D eigenvalue weighted by atomic mass is 9.96. The summed E-state index contributed by atoms with van der Waals surface area (Å²) in [5.74, 6) is 1.78. The average molecular weight is 319 g/mol. The first-order chi connectivity index (χ1) is 11.3. The predicted octanol–water partition coefficient (Wildman–Crippen LogP) is 0.805. The van der Waals surface area contributed by atoms with Crippen LogP contribution in [0, 0.1) is 0 Å². The highest BCUT2D eigenvalue weighted by molar-refractivity contribution is 5.75. The summed E-state index contributed by atoms with van der Waals surface area (Å²) in [6, 6.07) is 0. The molecule has 0 unspecified atom stereocenters. The van der Waals surface area contributed by atoms with E-state index in [1.165, 1.54) is 11.0 Å². The monoisotopic (exact) mass is 319 g/mol. The van der Waals surface area contributed by atoms with Gasteiger partial charge in [-0.1, -0.05) is 18.5 Å². The Kier molecular flexibility index (Phi) is 4.94. The number of nitrogens with zero attached hydrogens (tertiary/aromatic N) is 7. The van der Waals surface area contributed by atoms with Gasteiger partial charge in [0.15, 0.2) is 5.82 Å². The third-order valence-corrected chi connectivity index (χ3v) is 4.12. The average Bonchev–Trinajstić information content (AvgIpc) is 3.24. The summed E-state index contributed by atoms with van der Waals surface area (Å²) in [6.45, 7) is 3.71. The molecule has 0 saturated carbocycles. The van der Waals surface area contributed by atoms with Gasteiger partial charge in [0.1, 0.15) is 12.9 Å². The molecule has 0 radical (unpaired) electrons. The molecule has 1 amide bonds. The fourth-order valence-electron chi connectivity index (χ4n) is 2.74. The molecule has 1 aliphatic rings. The molecule has 1 aliphatic heterocycles. The topological polar surface area (TPSA) is 103 Å². The summed E-state index contributed by atoms with van der Waals surface area (Å²) in [5.41, 5.74) is 0. The number of amides is 1. The number of piperidine rings is 1. The number of carbonyl (C=O) groups is 1. The van der Waals surface area contributed by atoms with Gasteiger partial charge in [0.25, 0.3) is 0 Å². The highest BCUT2D eigenvalue weighted by Gasteiger charge is 2.27. The summed E-state index contributed by atoms with van der Waals surface area (Å²) in [6.07, 6.45) is 6.19. The Hall–Kier alpha value is -2.32. The third kappa shape index (κ3) is 3.91. The molecule has 0 aromatic carbocycles. The zero-order valence-electron chi connectivity index (χ0n) is 13.3. The van der Waals surface area contributed by atoms with Crippen LogP contribution in [0.4, 0.5) is 0 Å². The Morgan fingerprint density at radius 3 is 2.91 bits per heavy atom. The Morgan fingerprint density at radius 1 is 1.39 bits per heavy atom. The lowest BCUT2D eigenvalue weighted by molar-refractivity contribution is -0.133. The second-order valence-corrected chi connectivity index (χ2v) is 5.81. The number of tetrazole rings is 1. The summed E-state index contributed by atoms with van der Waals surface area (Å²) in [4.78, 5) is 18.5. The third-order valence-electron chi connectivity index (χ3n) is 4.12. The first kappa shape index (κ1) is 15.6. The minimum Gasteiger partial charge on any atom is -0.341 e. The summed E-state index contributed by atoms with van der Waals surface area (Å²) in [7, 11) is 0. The number of rotatable bonds is 6. The van der Waals surface area contributed by atoms with Crippen LogP contribution in [-0.2, 0) is 17.8 Å². The van der Waals surface area contributed by atoms with Crippen LogP contribution in [0.5, 0.6) is 0 Å². The van der Waals surface area contributed by atoms with Crippen molar-refractivity contribution in [3.8, 4) is 0 Å². The first-order valence-electron chi connectivity index (χ1n) is 8.07. The summed E-state index contributed by atoms with van der Waals surface area (Å²) >= 11 is 0. The van der Waals surface area contributed by atoms with Crippen molar-refractivity contribution in [2.75, 3.05) is 13.1 Å². The fraction of sp³-hybridized carbons (Fsp3) is 0.714. The second-order valence-electron chi connectivity index (χ2n) is 5.81. The van der Waals surface area contributed by atoms with E-state index in [9.17, 15) is 4.79 Å². The van der Waals surface area contributed by atoms with Crippen molar-refractivity contribution in [2.24, 2.45) is 0 Å². The van der Waals surface area contributed by atoms with Crippen LogP contribution in [0.2, 0.25) is 0 Å². The van der Waals surface area contributed by atoms with E-state index in [-0.39, 0.29) is 18.4 Å². The van der Waals surface area contributed by atoms with Gasteiger partial charge in [0, 0.05) is 25.4 Å². The number of unbranched alkanes of at least 4 members (excludes halogenated alkanes) is 1. The molecule has 9 nitrogen and oxygen atoms in total. The minimum atomic E-state index is 0.0323. The molecule has 1 saturated heterocycles. The van der Waals surface area contributed by atoms with Crippen LogP contribution >= 0.6 is 0 Å². The number of likely N-dealkylation sites (tertiary alicyclic amines) is 1. The lowest BCUT2D eigenvalue weighted by Crippen LogP contribution is -2.39. The van der Waals surface area contributed by atoms with E-state index in [4.69, 9.17) is 4.52 Å². The van der Waals surface area contributed by atoms with Gasteiger partial charge >= 0.3 is 0 Å². The number of aromatic nitrogens is 6. The van der Waals surface area contributed by atoms with Gasteiger partial charge in [-0.25, -0.2) is 4.68 Å². The van der Waals surface area contributed by atoms with Crippen LogP contribution in [0.1, 0.15) is 50.2 Å². The number of aryl methyl sites for hydroxylation is 1. The summed E-state index contributed by atoms with van der Waals surface area (Å²) in [5, 5.41) is 14.8. The molecule has 2 aromatic heterocycles. The van der Waals surface area contributed by atoms with Crippen LogP contribution in [0.15, 0.2) is 10.9 Å². The molecule has 0 N–H and O–H groups in total. The zero-order chi connectivity index (χ0) is 16.1. The van der Waals surface area contributed by atoms with Crippen molar-refractivity contribution in [1.82, 2.24) is 35.2 Å². The normalized spacial score (nSPS) is 16.0. The highest BCUT2D eigenvalue weighted by atomic mass is 16.5. The summed E-state index contributed by atoms with van der Waals surface area (Å²) < 4.78 is 6.82. The van der Waals surface area contributed by atoms with Crippen LogP contribution in [0.3, 0.4) is 0 Å². The number of carbonyl (C=O) groups excluding carboxylic acids is 1. The molecule has 3 heterocycles. The van der Waals surface area contributed by atoms with Crippen LogP contribution in [0.25, 0.3) is 0 Å². The van der Waals surface area contributed by atoms with E-state index >= 15 is 0 Å². The van der Waals surface area contributed by atoms with Crippen LogP contribution < -0.4 is 0 Å². The van der Waals surface area contributed by atoms with Crippen molar-refractivity contribution in [1.29, 1.82) is 0 Å². The largest absolute Gasteiger partial charge is 0.341 e. The predicted molar refractivity (Wildman–Crippen MR) is 79.3 cm³/mol. The van der Waals surface area contributed by atoms with Gasteiger partial charge in [-0.3, -0.25) is 4.79 Å². The Bertz CT molecular complexity index is 617. The molecule has 0 aliphatic carbocycles. The molecule has 0 bridgehead atoms. The van der Waals surface area contributed by atoms with E-state index in [1.807, 2.05) is 4.90 Å². The van der Waals surface area contributed by atoms with Crippen LogP contribution in [-0.4, -0.2) is 54.2 Å². The quantitative estimate of drug-likeness (QED) is 0.776. The van der Waals surface area contributed by atoms with Gasteiger partial charge in [-0.05, 0) is 29.7 Å². The lowest BCUT2D eigenvalue weighted by Gasteiger charge is -2.30. The van der Waals surface area contributed by atoms with Gasteiger partial charge in [0.2, 0.25) is 11.8 Å². The number of hydrogen-bond donors (Lipinski definition) is 0. The standard InChI is InChI=1S/C14H21N7O2/c1-2-3-4-12-16-14(23-17-12)11-5-7-20(8-6-11)13(22)9-21-10-15-18-19-21/h10-11H,2-9H2,1H3. The van der Waals surface area contributed by atoms with Gasteiger partial charge in [-0.15, -0.1) is 5.10 Å². The Labute approximate surface area is 134 Å². The maximum Gasteiger partial charge on any atom is 0.244 e. The van der Waals surface area contributed by atoms with E-state index in [0.29, 0.717) is 19.0 Å². The highest BCUT2D eigenvalue weighted by Crippen LogP contribution is 2.27. The Balaban J connectivity index is 1.49. The first-order valence-corrected chi connectivity index (χ1v) is 8.07. The zero-order valence-corrected chi connectivity index (χ0v) is 13.3. The van der Waals surface area contributed by atoms with Crippen molar-refractivity contribution >= 4 is 5.91 Å². The van der Waals surface area contributed by atoms with Gasteiger partial charge in [-0.2, -0.15) is 4.98 Å². The van der Waals surface area contributed by atoms with E-state index < -0.39 is 0 Å².